The maximum atomic E-state index is 14.0. The topological polar surface area (TPSA) is 102 Å². The van der Waals surface area contributed by atoms with Crippen LogP contribution in [0.1, 0.15) is 42.9 Å². The molecule has 0 radical (unpaired) electrons. The van der Waals surface area contributed by atoms with Gasteiger partial charge in [-0.1, -0.05) is 25.1 Å². The van der Waals surface area contributed by atoms with E-state index in [9.17, 15) is 31.2 Å². The van der Waals surface area contributed by atoms with Gasteiger partial charge in [0.15, 0.2) is 9.84 Å². The minimum Gasteiger partial charge on any atom is -0.493 e. The van der Waals surface area contributed by atoms with Crippen LogP contribution in [-0.4, -0.2) is 59.6 Å². The molecule has 0 fully saturated rings. The molecular formula is C31H31F3N2O7S. The van der Waals surface area contributed by atoms with Crippen molar-refractivity contribution in [2.45, 2.75) is 42.8 Å². The fourth-order valence-electron chi connectivity index (χ4n) is 5.57. The number of halogens is 3. The van der Waals surface area contributed by atoms with E-state index in [0.29, 0.717) is 46.1 Å². The molecule has 234 valence electrons. The number of sulfone groups is 1. The van der Waals surface area contributed by atoms with Gasteiger partial charge < -0.3 is 19.1 Å². The molecule has 44 heavy (non-hydrogen) atoms. The molecule has 0 unspecified atom stereocenters. The van der Waals surface area contributed by atoms with E-state index in [-0.39, 0.29) is 41.9 Å². The summed E-state index contributed by atoms with van der Waals surface area (Å²) in [6.07, 6.45) is -3.31. The van der Waals surface area contributed by atoms with Gasteiger partial charge in [-0.25, -0.2) is 8.42 Å². The van der Waals surface area contributed by atoms with Crippen LogP contribution in [0, 0.1) is 0 Å². The Labute approximate surface area is 253 Å². The van der Waals surface area contributed by atoms with Gasteiger partial charge in [-0.2, -0.15) is 13.2 Å². The smallest absolute Gasteiger partial charge is 0.471 e. The summed E-state index contributed by atoms with van der Waals surface area (Å²) >= 11 is 0. The second-order valence-electron chi connectivity index (χ2n) is 10.6. The third kappa shape index (κ3) is 6.05. The fourth-order valence-corrected chi connectivity index (χ4v) is 6.20. The third-order valence-corrected chi connectivity index (χ3v) is 8.78. The molecule has 2 heterocycles. The van der Waals surface area contributed by atoms with Gasteiger partial charge in [-0.05, 0) is 42.8 Å². The van der Waals surface area contributed by atoms with E-state index in [2.05, 4.69) is 0 Å². The first-order valence-corrected chi connectivity index (χ1v) is 15.8. The zero-order chi connectivity index (χ0) is 31.8. The van der Waals surface area contributed by atoms with Gasteiger partial charge in [-0.3, -0.25) is 14.5 Å². The molecule has 2 atom stereocenters. The lowest BCUT2D eigenvalue weighted by Crippen LogP contribution is -2.44. The van der Waals surface area contributed by atoms with E-state index in [1.54, 1.807) is 36.4 Å². The van der Waals surface area contributed by atoms with Crippen molar-refractivity contribution in [1.82, 2.24) is 0 Å². The molecule has 13 heteroatoms. The fraction of sp³-hybridized carbons (Fsp3) is 0.355. The van der Waals surface area contributed by atoms with E-state index in [0.717, 1.165) is 6.26 Å². The van der Waals surface area contributed by atoms with Crippen molar-refractivity contribution in [2.75, 3.05) is 42.9 Å². The highest BCUT2D eigenvalue weighted by Gasteiger charge is 2.48. The first-order valence-electron chi connectivity index (χ1n) is 13.9. The van der Waals surface area contributed by atoms with Crippen LogP contribution in [0.5, 0.6) is 11.5 Å². The Morgan fingerprint density at radius 1 is 0.977 bits per heavy atom. The molecule has 2 aliphatic rings. The average molecular weight is 633 g/mol. The first-order chi connectivity index (χ1) is 20.8. The normalized spacial score (nSPS) is 17.2. The van der Waals surface area contributed by atoms with Crippen LogP contribution in [0.4, 0.5) is 30.2 Å². The van der Waals surface area contributed by atoms with Crippen LogP contribution >= 0.6 is 0 Å². The number of methoxy groups -OCH3 is 1. The summed E-state index contributed by atoms with van der Waals surface area (Å²) in [4.78, 5) is 27.5. The second kappa shape index (κ2) is 12.0. The van der Waals surface area contributed by atoms with Crippen molar-refractivity contribution >= 4 is 38.8 Å². The zero-order valence-electron chi connectivity index (χ0n) is 24.3. The Morgan fingerprint density at radius 2 is 1.68 bits per heavy atom. The number of hydrogen-bond donors (Lipinski definition) is 0. The maximum Gasteiger partial charge on any atom is 0.471 e. The first kappa shape index (κ1) is 31.2. The van der Waals surface area contributed by atoms with Gasteiger partial charge in [0.25, 0.3) is 0 Å². The molecule has 5 rings (SSSR count). The maximum absolute atomic E-state index is 14.0. The quantitative estimate of drug-likeness (QED) is 0.277. The SMILES string of the molecule is CCCN(c1ccc(S(C)(=O)=O)cc1)c1cccc2c1OC[C@H]2N(C(=O)C(F)(F)F)c1ccc2c(c1)OC[C@H]2CC(=O)OC. The molecule has 3 aromatic carbocycles. The van der Waals surface area contributed by atoms with E-state index in [1.807, 2.05) is 11.8 Å². The number of fused-ring (bicyclic) bond motifs is 2. The van der Waals surface area contributed by atoms with Crippen LogP contribution in [0.2, 0.25) is 0 Å². The number of amides is 1. The molecule has 2 aliphatic heterocycles. The van der Waals surface area contributed by atoms with Crippen molar-refractivity contribution in [2.24, 2.45) is 0 Å². The summed E-state index contributed by atoms with van der Waals surface area (Å²) in [5.74, 6) is -2.21. The highest BCUT2D eigenvalue weighted by atomic mass is 32.2. The molecule has 0 N–H and O–H groups in total. The van der Waals surface area contributed by atoms with Crippen LogP contribution < -0.4 is 19.3 Å². The number of hydrogen-bond acceptors (Lipinski definition) is 8. The lowest BCUT2D eigenvalue weighted by Gasteiger charge is -2.30. The minimum absolute atomic E-state index is 0.0292. The number of esters is 1. The number of ether oxygens (including phenoxy) is 3. The van der Waals surface area contributed by atoms with Gasteiger partial charge in [0.05, 0.1) is 36.8 Å². The number of para-hydroxylation sites is 1. The summed E-state index contributed by atoms with van der Waals surface area (Å²) in [6.45, 7) is 2.38. The third-order valence-electron chi connectivity index (χ3n) is 7.65. The Hall–Kier alpha value is -4.26. The summed E-state index contributed by atoms with van der Waals surface area (Å²) < 4.78 is 82.4. The lowest BCUT2D eigenvalue weighted by molar-refractivity contribution is -0.171. The van der Waals surface area contributed by atoms with Gasteiger partial charge in [0.1, 0.15) is 18.1 Å². The standard InChI is InChI=1S/C31H31F3N2O7S/c1-4-14-35(20-8-11-22(12-9-20)44(3,39)40)25-7-5-6-24-26(18-43-29(24)25)36(30(38)31(32,33)34)21-10-13-23-19(15-28(37)41-2)17-42-27(23)16-21/h5-13,16,19,26H,4,14-15,17-18H2,1-3H3/t19-,26-/m1/s1. The van der Waals surface area contributed by atoms with E-state index >= 15 is 0 Å². The summed E-state index contributed by atoms with van der Waals surface area (Å²) in [5.41, 5.74) is 2.24. The van der Waals surface area contributed by atoms with Gasteiger partial charge >= 0.3 is 18.1 Å². The Morgan fingerprint density at radius 3 is 2.32 bits per heavy atom. The van der Waals surface area contributed by atoms with E-state index in [4.69, 9.17) is 14.2 Å². The molecule has 3 aromatic rings. The molecule has 0 saturated heterocycles. The number of carbonyl (C=O) groups excluding carboxylic acids is 2. The second-order valence-corrected chi connectivity index (χ2v) is 12.6. The Balaban J connectivity index is 1.53. The molecular weight excluding hydrogens is 601 g/mol. The number of rotatable bonds is 9. The van der Waals surface area contributed by atoms with Crippen LogP contribution in [0.15, 0.2) is 65.6 Å². The Kier molecular flexibility index (Phi) is 8.52. The summed E-state index contributed by atoms with van der Waals surface area (Å²) in [6, 6.07) is 14.6. The predicted molar refractivity (Wildman–Crippen MR) is 156 cm³/mol. The molecule has 0 aromatic heterocycles. The zero-order valence-corrected chi connectivity index (χ0v) is 25.1. The highest BCUT2D eigenvalue weighted by molar-refractivity contribution is 7.90. The van der Waals surface area contributed by atoms with E-state index < -0.39 is 33.9 Å². The van der Waals surface area contributed by atoms with Gasteiger partial charge in [0.2, 0.25) is 0 Å². The van der Waals surface area contributed by atoms with Gasteiger partial charge in [0, 0.05) is 47.3 Å². The largest absolute Gasteiger partial charge is 0.493 e. The number of nitrogens with zero attached hydrogens (tertiary/aromatic N) is 2. The summed E-state index contributed by atoms with van der Waals surface area (Å²) in [7, 11) is -2.14. The highest BCUT2D eigenvalue weighted by Crippen LogP contribution is 2.48. The van der Waals surface area contributed by atoms with Crippen molar-refractivity contribution in [1.29, 1.82) is 0 Å². The van der Waals surface area contributed by atoms with Crippen molar-refractivity contribution < 1.29 is 45.4 Å². The Bertz CT molecular complexity index is 1680. The van der Waals surface area contributed by atoms with Crippen LogP contribution in [0.3, 0.4) is 0 Å². The number of alkyl halides is 3. The van der Waals surface area contributed by atoms with Gasteiger partial charge in [-0.15, -0.1) is 0 Å². The van der Waals surface area contributed by atoms with Crippen molar-refractivity contribution in [3.63, 3.8) is 0 Å². The van der Waals surface area contributed by atoms with E-state index in [1.165, 1.54) is 31.4 Å². The lowest BCUT2D eigenvalue weighted by atomic mass is 9.97. The van der Waals surface area contributed by atoms with Crippen LogP contribution in [0.25, 0.3) is 0 Å². The monoisotopic (exact) mass is 632 g/mol. The van der Waals surface area contributed by atoms with Crippen molar-refractivity contribution in [3.8, 4) is 11.5 Å². The predicted octanol–water partition coefficient (Wildman–Crippen LogP) is 5.71. The minimum atomic E-state index is -5.18. The molecule has 0 bridgehead atoms. The number of carbonyl (C=O) groups is 2. The van der Waals surface area contributed by atoms with Crippen LogP contribution in [-0.2, 0) is 24.2 Å². The molecule has 0 spiro atoms. The average Bonchev–Trinajstić information content (AvgIpc) is 3.59. The number of anilines is 3. The summed E-state index contributed by atoms with van der Waals surface area (Å²) in [5, 5.41) is 0. The van der Waals surface area contributed by atoms with Crippen molar-refractivity contribution in [3.05, 3.63) is 71.8 Å². The molecule has 0 saturated carbocycles. The molecule has 1 amide bonds. The molecule has 9 nitrogen and oxygen atoms in total. The molecule has 0 aliphatic carbocycles. The number of benzene rings is 3.